The largest absolute Gasteiger partial charge is 0.549 e. The van der Waals surface area contributed by atoms with E-state index < -0.39 is 11.5 Å². The standard InChI is InChI=1S/C9H12N2O4S/c1-2-3-5-7(14)10-9(11-8(5)15)16-4-6(12)13/h2-4H2,1H3,(H,12,13)(H2,10,11,14,15)/p-1. The Morgan fingerprint density at radius 2 is 2.31 bits per heavy atom. The molecular weight excluding hydrogens is 232 g/mol. The number of carbonyl (C=O) groups is 1. The number of carbonyl (C=O) groups excluding carboxylic acids is 1. The van der Waals surface area contributed by atoms with Gasteiger partial charge in [-0.3, -0.25) is 4.79 Å². The van der Waals surface area contributed by atoms with Gasteiger partial charge in [-0.1, -0.05) is 25.1 Å². The number of aromatic hydroxyl groups is 1. The molecule has 0 unspecified atom stereocenters. The van der Waals surface area contributed by atoms with Gasteiger partial charge in [-0.15, -0.1) is 0 Å². The van der Waals surface area contributed by atoms with Crippen molar-refractivity contribution in [2.24, 2.45) is 0 Å². The summed E-state index contributed by atoms with van der Waals surface area (Å²) >= 11 is 0.795. The highest BCUT2D eigenvalue weighted by atomic mass is 32.2. The zero-order valence-electron chi connectivity index (χ0n) is 8.65. The van der Waals surface area contributed by atoms with Gasteiger partial charge in [-0.05, 0) is 6.42 Å². The molecule has 0 aliphatic carbocycles. The van der Waals surface area contributed by atoms with Crippen LogP contribution in [0.4, 0.5) is 0 Å². The van der Waals surface area contributed by atoms with Gasteiger partial charge in [0, 0.05) is 5.75 Å². The molecule has 0 amide bonds. The number of H-pyrrole nitrogens is 1. The van der Waals surface area contributed by atoms with Crippen LogP contribution in [0, 0.1) is 0 Å². The second kappa shape index (κ2) is 5.55. The summed E-state index contributed by atoms with van der Waals surface area (Å²) in [5.74, 6) is -1.92. The first-order chi connectivity index (χ1) is 7.54. The van der Waals surface area contributed by atoms with Crippen LogP contribution in [0.1, 0.15) is 18.9 Å². The second-order valence-electron chi connectivity index (χ2n) is 3.08. The molecule has 88 valence electrons. The van der Waals surface area contributed by atoms with Crippen LogP contribution in [-0.4, -0.2) is 26.8 Å². The Morgan fingerprint density at radius 3 is 2.81 bits per heavy atom. The van der Waals surface area contributed by atoms with Gasteiger partial charge < -0.3 is 20.0 Å². The Bertz CT molecular complexity index is 444. The molecule has 1 heterocycles. The number of aromatic nitrogens is 2. The number of thioether (sulfide) groups is 1. The third kappa shape index (κ3) is 3.27. The second-order valence-corrected chi connectivity index (χ2v) is 4.05. The lowest BCUT2D eigenvalue weighted by atomic mass is 10.2. The van der Waals surface area contributed by atoms with E-state index in [0.717, 1.165) is 11.8 Å². The molecule has 0 radical (unpaired) electrons. The number of nitrogens with zero attached hydrogens (tertiary/aromatic N) is 1. The maximum absolute atomic E-state index is 11.5. The summed E-state index contributed by atoms with van der Waals surface area (Å²) < 4.78 is 0. The molecular formula is C9H11N2O4S-. The zero-order valence-corrected chi connectivity index (χ0v) is 9.47. The van der Waals surface area contributed by atoms with Crippen LogP contribution in [-0.2, 0) is 11.2 Å². The number of hydrogen-bond donors (Lipinski definition) is 2. The molecule has 0 aromatic carbocycles. The number of aliphatic carboxylic acids is 1. The van der Waals surface area contributed by atoms with Crippen molar-refractivity contribution in [1.29, 1.82) is 0 Å². The predicted molar refractivity (Wildman–Crippen MR) is 56.2 cm³/mol. The van der Waals surface area contributed by atoms with Gasteiger partial charge >= 0.3 is 0 Å². The average Bonchev–Trinajstić information content (AvgIpc) is 2.20. The monoisotopic (exact) mass is 243 g/mol. The van der Waals surface area contributed by atoms with Crippen LogP contribution in [0.5, 0.6) is 5.88 Å². The summed E-state index contributed by atoms with van der Waals surface area (Å²) in [6.45, 7) is 1.87. The normalized spacial score (nSPS) is 10.3. The third-order valence-electron chi connectivity index (χ3n) is 1.80. The minimum absolute atomic E-state index is 0.0755. The lowest BCUT2D eigenvalue weighted by Gasteiger charge is -2.05. The van der Waals surface area contributed by atoms with Crippen molar-refractivity contribution in [3.8, 4) is 5.88 Å². The van der Waals surface area contributed by atoms with Crippen LogP contribution < -0.4 is 10.7 Å². The van der Waals surface area contributed by atoms with Gasteiger partial charge in [0.15, 0.2) is 5.16 Å². The highest BCUT2D eigenvalue weighted by molar-refractivity contribution is 7.99. The molecule has 0 atom stereocenters. The molecule has 0 bridgehead atoms. The van der Waals surface area contributed by atoms with E-state index in [0.29, 0.717) is 12.8 Å². The zero-order chi connectivity index (χ0) is 12.1. The number of carboxylic acid groups (broad SMARTS) is 1. The number of rotatable bonds is 5. The van der Waals surface area contributed by atoms with Gasteiger partial charge in [0.1, 0.15) is 0 Å². The molecule has 7 heteroatoms. The van der Waals surface area contributed by atoms with Crippen molar-refractivity contribution in [3.63, 3.8) is 0 Å². The first kappa shape index (κ1) is 12.6. The van der Waals surface area contributed by atoms with Crippen molar-refractivity contribution in [2.45, 2.75) is 24.9 Å². The lowest BCUT2D eigenvalue weighted by molar-refractivity contribution is -0.301. The van der Waals surface area contributed by atoms with Gasteiger partial charge in [-0.25, -0.2) is 0 Å². The predicted octanol–water partition coefficient (Wildman–Crippen LogP) is -0.730. The fourth-order valence-electron chi connectivity index (χ4n) is 1.14. The molecule has 1 aromatic rings. The number of nitrogens with one attached hydrogen (secondary N) is 1. The number of carboxylic acids is 1. The van der Waals surface area contributed by atoms with Crippen molar-refractivity contribution in [2.75, 3.05) is 5.75 Å². The summed E-state index contributed by atoms with van der Waals surface area (Å²) in [4.78, 5) is 27.8. The molecule has 16 heavy (non-hydrogen) atoms. The van der Waals surface area contributed by atoms with Crippen LogP contribution in [0.3, 0.4) is 0 Å². The van der Waals surface area contributed by atoms with Gasteiger partial charge in [0.05, 0.1) is 11.5 Å². The van der Waals surface area contributed by atoms with Gasteiger partial charge in [0.2, 0.25) is 5.88 Å². The van der Waals surface area contributed by atoms with E-state index in [2.05, 4.69) is 9.97 Å². The highest BCUT2D eigenvalue weighted by Gasteiger charge is 2.09. The van der Waals surface area contributed by atoms with Crippen molar-refractivity contribution in [3.05, 3.63) is 15.9 Å². The van der Waals surface area contributed by atoms with Crippen LogP contribution >= 0.6 is 11.8 Å². The lowest BCUT2D eigenvalue weighted by Crippen LogP contribution is -2.24. The summed E-state index contributed by atoms with van der Waals surface area (Å²) in [5.41, 5.74) is -0.213. The van der Waals surface area contributed by atoms with E-state index in [4.69, 9.17) is 0 Å². The Kier molecular flexibility index (Phi) is 4.36. The van der Waals surface area contributed by atoms with Crippen LogP contribution in [0.15, 0.2) is 9.95 Å². The third-order valence-corrected chi connectivity index (χ3v) is 2.65. The Balaban J connectivity index is 2.91. The molecule has 1 aromatic heterocycles. The Labute approximate surface area is 95.7 Å². The van der Waals surface area contributed by atoms with E-state index in [1.165, 1.54) is 0 Å². The molecule has 1 rings (SSSR count). The van der Waals surface area contributed by atoms with Crippen LogP contribution in [0.2, 0.25) is 0 Å². The summed E-state index contributed by atoms with van der Waals surface area (Å²) in [7, 11) is 0. The molecule has 0 fully saturated rings. The quantitative estimate of drug-likeness (QED) is 0.521. The number of aromatic amines is 1. The van der Waals surface area contributed by atoms with Crippen molar-refractivity contribution in [1.82, 2.24) is 9.97 Å². The maximum Gasteiger partial charge on any atom is 0.258 e. The maximum atomic E-state index is 11.5. The van der Waals surface area contributed by atoms with Crippen molar-refractivity contribution < 1.29 is 15.0 Å². The van der Waals surface area contributed by atoms with E-state index in [1.54, 1.807) is 0 Å². The average molecular weight is 243 g/mol. The molecule has 0 aliphatic rings. The highest BCUT2D eigenvalue weighted by Crippen LogP contribution is 2.16. The molecule has 6 nitrogen and oxygen atoms in total. The molecule has 2 N–H and O–H groups in total. The first-order valence-electron chi connectivity index (χ1n) is 4.69. The molecule has 0 spiro atoms. The smallest absolute Gasteiger partial charge is 0.258 e. The fourth-order valence-corrected chi connectivity index (χ4v) is 1.71. The summed E-state index contributed by atoms with van der Waals surface area (Å²) in [6.07, 6.45) is 1.14. The van der Waals surface area contributed by atoms with Crippen molar-refractivity contribution >= 4 is 17.7 Å². The van der Waals surface area contributed by atoms with Gasteiger partial charge in [-0.2, -0.15) is 4.98 Å². The Hall–Kier alpha value is -1.50. The van der Waals surface area contributed by atoms with E-state index >= 15 is 0 Å². The SMILES string of the molecule is CCCc1c(O)nc(SCC(=O)[O-])[nH]c1=O. The summed E-state index contributed by atoms with van der Waals surface area (Å²) in [6, 6.07) is 0. The minimum Gasteiger partial charge on any atom is -0.549 e. The van der Waals surface area contributed by atoms with E-state index in [9.17, 15) is 19.8 Å². The van der Waals surface area contributed by atoms with Crippen LogP contribution in [0.25, 0.3) is 0 Å². The minimum atomic E-state index is -1.26. The number of hydrogen-bond acceptors (Lipinski definition) is 6. The molecule has 0 aliphatic heterocycles. The van der Waals surface area contributed by atoms with Gasteiger partial charge in [0.25, 0.3) is 5.56 Å². The molecule has 0 saturated heterocycles. The Morgan fingerprint density at radius 1 is 1.62 bits per heavy atom. The van der Waals surface area contributed by atoms with E-state index in [1.807, 2.05) is 6.92 Å². The topological polar surface area (TPSA) is 106 Å². The first-order valence-corrected chi connectivity index (χ1v) is 5.68. The summed E-state index contributed by atoms with van der Waals surface area (Å²) in [5, 5.41) is 19.7. The molecule has 0 saturated carbocycles. The fraction of sp³-hybridized carbons (Fsp3) is 0.444. The van der Waals surface area contributed by atoms with E-state index in [-0.39, 0.29) is 22.4 Å².